The van der Waals surface area contributed by atoms with Gasteiger partial charge in [-0.05, 0) is 63.8 Å². The highest BCUT2D eigenvalue weighted by atomic mass is 19.1. The summed E-state index contributed by atoms with van der Waals surface area (Å²) >= 11 is 0. The smallest absolute Gasteiger partial charge is 0.242 e. The van der Waals surface area contributed by atoms with Crippen molar-refractivity contribution in [3.05, 3.63) is 59.4 Å². The van der Waals surface area contributed by atoms with E-state index in [0.717, 1.165) is 31.2 Å². The number of benzene rings is 2. The molecule has 3 rings (SSSR count). The Hall–Kier alpha value is -3.09. The number of hydrogen-bond donors (Lipinski definition) is 1. The Morgan fingerprint density at radius 1 is 1.06 bits per heavy atom. The molecular weight excluding hydrogens is 447 g/mol. The van der Waals surface area contributed by atoms with Crippen LogP contribution in [0.1, 0.15) is 64.0 Å². The molecule has 0 aliphatic heterocycles. The first kappa shape index (κ1) is 26.5. The molecule has 35 heavy (non-hydrogen) atoms. The molecular formula is C28H37FN2O4. The van der Waals surface area contributed by atoms with Crippen molar-refractivity contribution in [3.8, 4) is 11.5 Å². The van der Waals surface area contributed by atoms with Crippen molar-refractivity contribution >= 4 is 11.8 Å². The summed E-state index contributed by atoms with van der Waals surface area (Å²) in [5.41, 5.74) is 1.32. The van der Waals surface area contributed by atoms with E-state index >= 15 is 0 Å². The zero-order valence-electron chi connectivity index (χ0n) is 21.0. The Morgan fingerprint density at radius 3 is 2.43 bits per heavy atom. The zero-order chi connectivity index (χ0) is 25.2. The van der Waals surface area contributed by atoms with Gasteiger partial charge in [-0.25, -0.2) is 4.39 Å². The third-order valence-corrected chi connectivity index (χ3v) is 6.40. The molecule has 6 nitrogen and oxygen atoms in total. The summed E-state index contributed by atoms with van der Waals surface area (Å²) in [7, 11) is 0. The summed E-state index contributed by atoms with van der Waals surface area (Å²) in [6, 6.07) is 11.5. The number of carbonyl (C=O) groups is 2. The van der Waals surface area contributed by atoms with Crippen molar-refractivity contribution in [2.24, 2.45) is 0 Å². The molecule has 1 atom stereocenters. The largest absolute Gasteiger partial charge is 0.490 e. The molecule has 0 aromatic heterocycles. The van der Waals surface area contributed by atoms with Crippen molar-refractivity contribution in [3.63, 3.8) is 0 Å². The van der Waals surface area contributed by atoms with Crippen LogP contribution in [0.15, 0.2) is 42.5 Å². The Labute approximate surface area is 207 Å². The van der Waals surface area contributed by atoms with Crippen molar-refractivity contribution in [1.29, 1.82) is 0 Å². The second kappa shape index (κ2) is 13.1. The fourth-order valence-corrected chi connectivity index (χ4v) is 4.43. The van der Waals surface area contributed by atoms with E-state index in [1.54, 1.807) is 25.1 Å². The third-order valence-electron chi connectivity index (χ3n) is 6.40. The fourth-order valence-electron chi connectivity index (χ4n) is 4.43. The summed E-state index contributed by atoms with van der Waals surface area (Å²) < 4.78 is 25.7. The van der Waals surface area contributed by atoms with Gasteiger partial charge in [0, 0.05) is 24.6 Å². The lowest BCUT2D eigenvalue weighted by Gasteiger charge is -2.30. The van der Waals surface area contributed by atoms with E-state index in [0.29, 0.717) is 36.7 Å². The van der Waals surface area contributed by atoms with Crippen LogP contribution < -0.4 is 14.8 Å². The number of hydrogen-bond acceptors (Lipinski definition) is 4. The summed E-state index contributed by atoms with van der Waals surface area (Å²) in [4.78, 5) is 27.8. The van der Waals surface area contributed by atoms with Gasteiger partial charge in [-0.15, -0.1) is 0 Å². The molecule has 0 heterocycles. The maximum atomic E-state index is 14.4. The van der Waals surface area contributed by atoms with Crippen molar-refractivity contribution in [2.75, 3.05) is 13.2 Å². The molecule has 0 bridgehead atoms. The molecule has 7 heteroatoms. The van der Waals surface area contributed by atoms with E-state index in [4.69, 9.17) is 9.47 Å². The Kier molecular flexibility index (Phi) is 9.94. The van der Waals surface area contributed by atoms with Crippen LogP contribution in [0.3, 0.4) is 0 Å². The summed E-state index contributed by atoms with van der Waals surface area (Å²) in [6.07, 6.45) is 4.77. The van der Waals surface area contributed by atoms with Crippen LogP contribution in [0.25, 0.3) is 0 Å². The highest BCUT2D eigenvalue weighted by Crippen LogP contribution is 2.29. The second-order valence-electron chi connectivity index (χ2n) is 8.93. The van der Waals surface area contributed by atoms with Crippen LogP contribution in [0.2, 0.25) is 0 Å². The Bertz CT molecular complexity index is 991. The van der Waals surface area contributed by atoms with E-state index in [1.807, 2.05) is 32.0 Å². The minimum Gasteiger partial charge on any atom is -0.490 e. The topological polar surface area (TPSA) is 67.9 Å². The Balaban J connectivity index is 1.73. The van der Waals surface area contributed by atoms with Gasteiger partial charge in [0.25, 0.3) is 0 Å². The molecule has 1 N–H and O–H groups in total. The van der Waals surface area contributed by atoms with Crippen molar-refractivity contribution in [1.82, 2.24) is 10.2 Å². The lowest BCUT2D eigenvalue weighted by molar-refractivity contribution is -0.140. The lowest BCUT2D eigenvalue weighted by atomic mass is 10.1. The van der Waals surface area contributed by atoms with Gasteiger partial charge < -0.3 is 19.7 Å². The van der Waals surface area contributed by atoms with Gasteiger partial charge in [-0.2, -0.15) is 0 Å². The molecule has 1 aliphatic carbocycles. The van der Waals surface area contributed by atoms with Gasteiger partial charge in [0.2, 0.25) is 11.8 Å². The van der Waals surface area contributed by atoms with E-state index < -0.39 is 6.04 Å². The predicted molar refractivity (Wildman–Crippen MR) is 134 cm³/mol. The first-order valence-electron chi connectivity index (χ1n) is 12.6. The van der Waals surface area contributed by atoms with Crippen LogP contribution in [0, 0.1) is 5.82 Å². The Morgan fingerprint density at radius 2 is 1.74 bits per heavy atom. The molecule has 1 aliphatic rings. The molecule has 0 spiro atoms. The molecule has 0 saturated heterocycles. The number of halogens is 1. The van der Waals surface area contributed by atoms with Crippen molar-refractivity contribution < 1.29 is 23.5 Å². The van der Waals surface area contributed by atoms with Gasteiger partial charge in [0.1, 0.15) is 11.9 Å². The van der Waals surface area contributed by atoms with Crippen LogP contribution in [-0.2, 0) is 22.6 Å². The molecule has 2 aromatic carbocycles. The third kappa shape index (κ3) is 7.44. The molecule has 0 unspecified atom stereocenters. The monoisotopic (exact) mass is 484 g/mol. The van der Waals surface area contributed by atoms with Crippen molar-refractivity contribution in [2.45, 2.75) is 77.9 Å². The van der Waals surface area contributed by atoms with Gasteiger partial charge in [0.05, 0.1) is 13.2 Å². The van der Waals surface area contributed by atoms with Crippen LogP contribution >= 0.6 is 0 Å². The van der Waals surface area contributed by atoms with Crippen LogP contribution in [0.5, 0.6) is 11.5 Å². The maximum absolute atomic E-state index is 14.4. The van der Waals surface area contributed by atoms with Gasteiger partial charge in [0.15, 0.2) is 11.5 Å². The average Bonchev–Trinajstić information content (AvgIpc) is 3.36. The molecule has 2 amide bonds. The zero-order valence-corrected chi connectivity index (χ0v) is 21.0. The minimum absolute atomic E-state index is 0.0399. The lowest BCUT2D eigenvalue weighted by Crippen LogP contribution is -2.49. The standard InChI is InChI=1S/C28H37FN2O4/c1-4-34-25-16-14-21(18-26(25)35-5-2)15-17-27(32)31(19-22-10-6-9-13-24(22)29)20(3)28(33)30-23-11-7-8-12-23/h6,9-10,13-14,16,18,20,23H,4-5,7-8,11-12,15,17,19H2,1-3H3,(H,30,33)/t20-/m0/s1. The van der Waals surface area contributed by atoms with Gasteiger partial charge >= 0.3 is 0 Å². The number of nitrogens with zero attached hydrogens (tertiary/aromatic N) is 1. The number of ether oxygens (including phenoxy) is 2. The quantitative estimate of drug-likeness (QED) is 0.459. The first-order valence-corrected chi connectivity index (χ1v) is 12.6. The average molecular weight is 485 g/mol. The first-order chi connectivity index (χ1) is 16.9. The molecule has 2 aromatic rings. The highest BCUT2D eigenvalue weighted by molar-refractivity contribution is 5.87. The normalized spacial score (nSPS) is 14.4. The van der Waals surface area contributed by atoms with E-state index in [9.17, 15) is 14.0 Å². The summed E-state index contributed by atoms with van der Waals surface area (Å²) in [5, 5.41) is 3.07. The number of rotatable bonds is 12. The van der Waals surface area contributed by atoms with Crippen LogP contribution in [-0.4, -0.2) is 42.0 Å². The van der Waals surface area contributed by atoms with E-state index in [-0.39, 0.29) is 36.6 Å². The van der Waals surface area contributed by atoms with E-state index in [1.165, 1.54) is 11.0 Å². The highest BCUT2D eigenvalue weighted by Gasteiger charge is 2.28. The summed E-state index contributed by atoms with van der Waals surface area (Å²) in [6.45, 7) is 6.61. The van der Waals surface area contributed by atoms with Gasteiger partial charge in [-0.1, -0.05) is 37.1 Å². The molecule has 1 fully saturated rings. The number of amides is 2. The maximum Gasteiger partial charge on any atom is 0.242 e. The summed E-state index contributed by atoms with van der Waals surface area (Å²) in [5.74, 6) is 0.534. The molecule has 1 saturated carbocycles. The van der Waals surface area contributed by atoms with Crippen LogP contribution in [0.4, 0.5) is 4.39 Å². The second-order valence-corrected chi connectivity index (χ2v) is 8.93. The molecule has 0 radical (unpaired) electrons. The number of carbonyl (C=O) groups excluding carboxylic acids is 2. The van der Waals surface area contributed by atoms with E-state index in [2.05, 4.69) is 5.32 Å². The SMILES string of the molecule is CCOc1ccc(CCC(=O)N(Cc2ccccc2F)[C@@H](C)C(=O)NC2CCCC2)cc1OCC. The predicted octanol–water partition coefficient (Wildman–Crippen LogP) is 5.03. The minimum atomic E-state index is -0.706. The fraction of sp³-hybridized carbons (Fsp3) is 0.500. The molecule has 190 valence electrons. The number of aryl methyl sites for hydroxylation is 1. The number of nitrogens with one attached hydrogen (secondary N) is 1. The van der Waals surface area contributed by atoms with Gasteiger partial charge in [-0.3, -0.25) is 9.59 Å².